The van der Waals surface area contributed by atoms with Crippen molar-refractivity contribution in [3.8, 4) is 11.8 Å². The smallest absolute Gasteiger partial charge is 0.277 e. The summed E-state index contributed by atoms with van der Waals surface area (Å²) in [5.41, 5.74) is 2.77. The number of rotatable bonds is 5. The monoisotopic (exact) mass is 329 g/mol. The van der Waals surface area contributed by atoms with Gasteiger partial charge in [-0.15, -0.1) is 0 Å². The third-order valence-corrected chi connectivity index (χ3v) is 3.04. The molecule has 0 saturated carbocycles. The fraction of sp³-hybridized carbons (Fsp3) is 0.118. The molecule has 0 spiro atoms. The van der Waals surface area contributed by atoms with Crippen LogP contribution in [-0.4, -0.2) is 18.2 Å². The maximum Gasteiger partial charge on any atom is 0.277 e. The number of hydrazone groups is 1. The van der Waals surface area contributed by atoms with Gasteiger partial charge in [0.1, 0.15) is 23.5 Å². The first-order chi connectivity index (χ1) is 11.5. The van der Waals surface area contributed by atoms with Crippen LogP contribution < -0.4 is 10.2 Å². The SMILES string of the molecule is C/C(=N\NC(=O)COc1ccccc1C#N)c1ccc(F)cc1F. The van der Waals surface area contributed by atoms with Gasteiger partial charge in [0.25, 0.3) is 5.91 Å². The molecule has 122 valence electrons. The molecule has 0 aromatic heterocycles. The molecule has 0 saturated heterocycles. The van der Waals surface area contributed by atoms with Crippen molar-refractivity contribution in [3.05, 3.63) is 65.2 Å². The number of hydrogen-bond donors (Lipinski definition) is 1. The van der Waals surface area contributed by atoms with Gasteiger partial charge in [0, 0.05) is 11.6 Å². The normalized spacial score (nSPS) is 10.8. The number of carbonyl (C=O) groups excluding carboxylic acids is 1. The van der Waals surface area contributed by atoms with E-state index in [0.29, 0.717) is 5.56 Å². The highest BCUT2D eigenvalue weighted by Gasteiger charge is 2.09. The second-order valence-electron chi connectivity index (χ2n) is 4.75. The van der Waals surface area contributed by atoms with E-state index in [1.807, 2.05) is 6.07 Å². The van der Waals surface area contributed by atoms with Gasteiger partial charge >= 0.3 is 0 Å². The molecular formula is C17H13F2N3O2. The fourth-order valence-electron chi connectivity index (χ4n) is 1.85. The van der Waals surface area contributed by atoms with Crippen molar-refractivity contribution >= 4 is 11.6 Å². The van der Waals surface area contributed by atoms with Gasteiger partial charge in [-0.3, -0.25) is 4.79 Å². The molecule has 0 aliphatic rings. The zero-order valence-electron chi connectivity index (χ0n) is 12.7. The molecule has 0 unspecified atom stereocenters. The van der Waals surface area contributed by atoms with Crippen LogP contribution >= 0.6 is 0 Å². The molecule has 2 aromatic rings. The van der Waals surface area contributed by atoms with Crippen molar-refractivity contribution in [2.24, 2.45) is 5.10 Å². The summed E-state index contributed by atoms with van der Waals surface area (Å²) < 4.78 is 31.7. The third kappa shape index (κ3) is 4.36. The average Bonchev–Trinajstić information content (AvgIpc) is 2.58. The van der Waals surface area contributed by atoms with Crippen LogP contribution in [0.3, 0.4) is 0 Å². The van der Waals surface area contributed by atoms with Crippen LogP contribution in [0.1, 0.15) is 18.1 Å². The molecule has 0 atom stereocenters. The van der Waals surface area contributed by atoms with Gasteiger partial charge in [-0.2, -0.15) is 10.4 Å². The van der Waals surface area contributed by atoms with Crippen LogP contribution in [0.2, 0.25) is 0 Å². The summed E-state index contributed by atoms with van der Waals surface area (Å²) in [4.78, 5) is 11.7. The molecule has 0 aliphatic heterocycles. The van der Waals surface area contributed by atoms with Crippen molar-refractivity contribution in [2.75, 3.05) is 6.61 Å². The lowest BCUT2D eigenvalue weighted by atomic mass is 10.1. The highest BCUT2D eigenvalue weighted by atomic mass is 19.1. The number of halogens is 2. The largest absolute Gasteiger partial charge is 0.482 e. The minimum atomic E-state index is -0.773. The van der Waals surface area contributed by atoms with Gasteiger partial charge in [-0.05, 0) is 31.2 Å². The van der Waals surface area contributed by atoms with E-state index in [-0.39, 0.29) is 23.6 Å². The molecule has 5 nitrogen and oxygen atoms in total. The van der Waals surface area contributed by atoms with Crippen LogP contribution in [0.25, 0.3) is 0 Å². The van der Waals surface area contributed by atoms with Crippen LogP contribution in [0.4, 0.5) is 8.78 Å². The van der Waals surface area contributed by atoms with Crippen molar-refractivity contribution < 1.29 is 18.3 Å². The summed E-state index contributed by atoms with van der Waals surface area (Å²) in [5, 5.41) is 12.7. The van der Waals surface area contributed by atoms with Crippen LogP contribution in [0.15, 0.2) is 47.6 Å². The lowest BCUT2D eigenvalue weighted by Gasteiger charge is -2.07. The summed E-state index contributed by atoms with van der Waals surface area (Å²) in [7, 11) is 0. The minimum absolute atomic E-state index is 0.0763. The fourth-order valence-corrected chi connectivity index (χ4v) is 1.85. The molecule has 0 bridgehead atoms. The predicted octanol–water partition coefficient (Wildman–Crippen LogP) is 2.76. The van der Waals surface area contributed by atoms with E-state index in [4.69, 9.17) is 10.00 Å². The average molecular weight is 329 g/mol. The van der Waals surface area contributed by atoms with Crippen LogP contribution in [0.5, 0.6) is 5.75 Å². The summed E-state index contributed by atoms with van der Waals surface area (Å²) >= 11 is 0. The molecule has 0 aliphatic carbocycles. The summed E-state index contributed by atoms with van der Waals surface area (Å²) in [6, 6.07) is 11.5. The van der Waals surface area contributed by atoms with E-state index in [9.17, 15) is 13.6 Å². The van der Waals surface area contributed by atoms with Crippen molar-refractivity contribution in [3.63, 3.8) is 0 Å². The number of para-hydroxylation sites is 1. The zero-order chi connectivity index (χ0) is 17.5. The van der Waals surface area contributed by atoms with E-state index >= 15 is 0 Å². The van der Waals surface area contributed by atoms with Gasteiger partial charge in [0.2, 0.25) is 0 Å². The molecule has 0 heterocycles. The first-order valence-electron chi connectivity index (χ1n) is 6.91. The standard InChI is InChI=1S/C17H13F2N3O2/c1-11(14-7-6-13(18)8-15(14)19)21-22-17(23)10-24-16-5-3-2-4-12(16)9-20/h2-8H,10H2,1H3,(H,22,23)/b21-11+. The van der Waals surface area contributed by atoms with E-state index in [0.717, 1.165) is 12.1 Å². The van der Waals surface area contributed by atoms with E-state index in [2.05, 4.69) is 10.5 Å². The first kappa shape index (κ1) is 17.1. The van der Waals surface area contributed by atoms with Crippen molar-refractivity contribution in [1.29, 1.82) is 5.26 Å². The molecule has 2 rings (SSSR count). The number of ether oxygens (including phenoxy) is 1. The van der Waals surface area contributed by atoms with E-state index in [1.165, 1.54) is 13.0 Å². The van der Waals surface area contributed by atoms with E-state index in [1.54, 1.807) is 24.3 Å². The zero-order valence-corrected chi connectivity index (χ0v) is 12.7. The lowest BCUT2D eigenvalue weighted by Crippen LogP contribution is -2.26. The minimum Gasteiger partial charge on any atom is -0.482 e. The second kappa shape index (κ2) is 7.83. The quantitative estimate of drug-likeness (QED) is 0.677. The number of hydrogen-bond acceptors (Lipinski definition) is 4. The lowest BCUT2D eigenvalue weighted by molar-refractivity contribution is -0.123. The van der Waals surface area contributed by atoms with Gasteiger partial charge in [0.15, 0.2) is 6.61 Å². The van der Waals surface area contributed by atoms with Gasteiger partial charge in [-0.25, -0.2) is 14.2 Å². The molecule has 7 heteroatoms. The number of benzene rings is 2. The molecular weight excluding hydrogens is 316 g/mol. The topological polar surface area (TPSA) is 74.5 Å². The van der Waals surface area contributed by atoms with Crippen LogP contribution in [-0.2, 0) is 4.79 Å². The Labute approximate surface area is 137 Å². The summed E-state index contributed by atoms with van der Waals surface area (Å²) in [5.74, 6) is -1.77. The Morgan fingerprint density at radius 3 is 2.75 bits per heavy atom. The van der Waals surface area contributed by atoms with E-state index < -0.39 is 17.5 Å². The highest BCUT2D eigenvalue weighted by Crippen LogP contribution is 2.16. The first-order valence-corrected chi connectivity index (χ1v) is 6.91. The molecule has 1 amide bonds. The third-order valence-electron chi connectivity index (χ3n) is 3.04. The highest BCUT2D eigenvalue weighted by molar-refractivity contribution is 5.99. The van der Waals surface area contributed by atoms with Crippen molar-refractivity contribution in [1.82, 2.24) is 5.43 Å². The maximum atomic E-state index is 13.6. The van der Waals surface area contributed by atoms with Crippen LogP contribution in [0, 0.1) is 23.0 Å². The number of nitriles is 1. The van der Waals surface area contributed by atoms with Gasteiger partial charge < -0.3 is 4.74 Å². The Morgan fingerprint density at radius 1 is 1.29 bits per heavy atom. The molecule has 24 heavy (non-hydrogen) atoms. The van der Waals surface area contributed by atoms with Gasteiger partial charge in [0.05, 0.1) is 11.3 Å². The van der Waals surface area contributed by atoms with Crippen molar-refractivity contribution in [2.45, 2.75) is 6.92 Å². The number of nitrogens with zero attached hydrogens (tertiary/aromatic N) is 2. The Morgan fingerprint density at radius 2 is 2.04 bits per heavy atom. The Hall–Kier alpha value is -3.27. The second-order valence-corrected chi connectivity index (χ2v) is 4.75. The number of nitrogens with one attached hydrogen (secondary N) is 1. The maximum absolute atomic E-state index is 13.6. The summed E-state index contributed by atoms with van der Waals surface area (Å²) in [6.07, 6.45) is 0. The number of amides is 1. The van der Waals surface area contributed by atoms with Gasteiger partial charge in [-0.1, -0.05) is 12.1 Å². The number of carbonyl (C=O) groups is 1. The Bertz CT molecular complexity index is 829. The molecule has 0 radical (unpaired) electrons. The molecule has 0 fully saturated rings. The molecule has 1 N–H and O–H groups in total. The Kier molecular flexibility index (Phi) is 5.58. The Balaban J connectivity index is 1.96. The summed E-state index contributed by atoms with van der Waals surface area (Å²) in [6.45, 7) is 1.11. The predicted molar refractivity (Wildman–Crippen MR) is 83.4 cm³/mol. The molecule has 2 aromatic carbocycles.